The van der Waals surface area contributed by atoms with Crippen LogP contribution < -0.4 is 0 Å². The molecular weight excluding hydrogens is 228 g/mol. The lowest BCUT2D eigenvalue weighted by atomic mass is 10.0. The first-order valence-electron chi connectivity index (χ1n) is 4.60. The van der Waals surface area contributed by atoms with Crippen molar-refractivity contribution in [2.75, 3.05) is 0 Å². The van der Waals surface area contributed by atoms with E-state index < -0.39 is 0 Å². The topological polar surface area (TPSA) is 20.2 Å². The summed E-state index contributed by atoms with van der Waals surface area (Å²) in [6, 6.07) is 5.99. The van der Waals surface area contributed by atoms with Gasteiger partial charge in [-0.25, -0.2) is 0 Å². The van der Waals surface area contributed by atoms with Crippen LogP contribution in [0.1, 0.15) is 37.0 Å². The molecule has 0 fully saturated rings. The number of aliphatic hydroxyl groups is 1. The van der Waals surface area contributed by atoms with Crippen molar-refractivity contribution >= 4 is 15.9 Å². The predicted molar refractivity (Wildman–Crippen MR) is 58.7 cm³/mol. The number of hydrogen-bond acceptors (Lipinski definition) is 1. The van der Waals surface area contributed by atoms with Crippen molar-refractivity contribution in [2.24, 2.45) is 0 Å². The zero-order valence-corrected chi connectivity index (χ0v) is 9.63. The Morgan fingerprint density at radius 1 is 1.46 bits per heavy atom. The average molecular weight is 243 g/mol. The summed E-state index contributed by atoms with van der Waals surface area (Å²) in [6.45, 7) is 4.11. The molecule has 1 aromatic rings. The molecule has 0 heterocycles. The lowest BCUT2D eigenvalue weighted by Gasteiger charge is -2.14. The summed E-state index contributed by atoms with van der Waals surface area (Å²) >= 11 is 3.46. The van der Waals surface area contributed by atoms with Gasteiger partial charge in [-0.05, 0) is 30.5 Å². The van der Waals surface area contributed by atoms with E-state index in [1.165, 1.54) is 0 Å². The maximum atomic E-state index is 9.85. The summed E-state index contributed by atoms with van der Waals surface area (Å²) in [5.74, 6) is 0. The molecule has 0 aliphatic rings. The Balaban J connectivity index is 2.98. The Kier molecular flexibility index (Phi) is 3.94. The fourth-order valence-electron chi connectivity index (χ4n) is 1.48. The Morgan fingerprint density at radius 2 is 2.15 bits per heavy atom. The van der Waals surface area contributed by atoms with Gasteiger partial charge in [0.15, 0.2) is 0 Å². The first-order chi connectivity index (χ1) is 6.16. The van der Waals surface area contributed by atoms with Crippen molar-refractivity contribution in [1.29, 1.82) is 0 Å². The molecule has 0 radical (unpaired) electrons. The number of rotatable bonds is 3. The largest absolute Gasteiger partial charge is 0.388 e. The molecule has 0 aliphatic carbocycles. The van der Waals surface area contributed by atoms with Crippen LogP contribution in [-0.4, -0.2) is 5.11 Å². The quantitative estimate of drug-likeness (QED) is 0.860. The number of aliphatic hydroxyl groups excluding tert-OH is 1. The standard InChI is InChI=1S/C11H15BrO/c1-3-5-10(13)11-8(2)6-4-7-9(11)12/h4,6-7,10,13H,3,5H2,1-2H3. The predicted octanol–water partition coefficient (Wildman–Crippen LogP) is 3.59. The third-order valence-electron chi connectivity index (χ3n) is 2.17. The SMILES string of the molecule is CCCC(O)c1c(C)cccc1Br. The Labute approximate surface area is 87.9 Å². The molecule has 0 saturated carbocycles. The maximum absolute atomic E-state index is 9.85. The summed E-state index contributed by atoms with van der Waals surface area (Å²) in [4.78, 5) is 0. The van der Waals surface area contributed by atoms with Crippen LogP contribution in [0.25, 0.3) is 0 Å². The van der Waals surface area contributed by atoms with Crippen molar-refractivity contribution < 1.29 is 5.11 Å². The van der Waals surface area contributed by atoms with Crippen molar-refractivity contribution in [3.8, 4) is 0 Å². The van der Waals surface area contributed by atoms with Crippen molar-refractivity contribution in [2.45, 2.75) is 32.8 Å². The summed E-state index contributed by atoms with van der Waals surface area (Å²) in [5.41, 5.74) is 2.18. The molecule has 72 valence electrons. The van der Waals surface area contributed by atoms with E-state index in [1.54, 1.807) is 0 Å². The first-order valence-corrected chi connectivity index (χ1v) is 5.39. The molecule has 1 N–H and O–H groups in total. The molecule has 0 amide bonds. The van der Waals surface area contributed by atoms with Crippen LogP contribution in [0, 0.1) is 6.92 Å². The highest BCUT2D eigenvalue weighted by Crippen LogP contribution is 2.29. The third kappa shape index (κ3) is 2.55. The Hall–Kier alpha value is -0.340. The highest BCUT2D eigenvalue weighted by Gasteiger charge is 2.12. The van der Waals surface area contributed by atoms with Crippen LogP contribution in [0.4, 0.5) is 0 Å². The van der Waals surface area contributed by atoms with E-state index in [-0.39, 0.29) is 6.10 Å². The van der Waals surface area contributed by atoms with E-state index in [4.69, 9.17) is 0 Å². The van der Waals surface area contributed by atoms with Gasteiger partial charge in [-0.15, -0.1) is 0 Å². The van der Waals surface area contributed by atoms with E-state index in [1.807, 2.05) is 25.1 Å². The molecule has 1 atom stereocenters. The average Bonchev–Trinajstić information content (AvgIpc) is 2.04. The summed E-state index contributed by atoms with van der Waals surface area (Å²) in [5, 5.41) is 9.85. The van der Waals surface area contributed by atoms with Crippen molar-refractivity contribution in [1.82, 2.24) is 0 Å². The summed E-state index contributed by atoms with van der Waals surface area (Å²) < 4.78 is 1.01. The number of benzene rings is 1. The van der Waals surface area contributed by atoms with E-state index >= 15 is 0 Å². The van der Waals surface area contributed by atoms with Gasteiger partial charge in [-0.2, -0.15) is 0 Å². The van der Waals surface area contributed by atoms with Gasteiger partial charge in [0.05, 0.1) is 6.10 Å². The second-order valence-corrected chi connectivity index (χ2v) is 4.13. The smallest absolute Gasteiger partial charge is 0.0803 e. The van der Waals surface area contributed by atoms with E-state index in [0.717, 1.165) is 28.4 Å². The molecule has 1 nitrogen and oxygen atoms in total. The van der Waals surface area contributed by atoms with Crippen LogP contribution in [0.2, 0.25) is 0 Å². The Bertz CT molecular complexity index is 263. The van der Waals surface area contributed by atoms with Crippen LogP contribution in [0.3, 0.4) is 0 Å². The molecule has 0 saturated heterocycles. The second-order valence-electron chi connectivity index (χ2n) is 3.27. The van der Waals surface area contributed by atoms with Gasteiger partial charge in [0.1, 0.15) is 0 Å². The lowest BCUT2D eigenvalue weighted by Crippen LogP contribution is -2.00. The number of halogens is 1. The molecule has 0 aliphatic heterocycles. The molecule has 1 rings (SSSR count). The molecule has 0 bridgehead atoms. The fourth-order valence-corrected chi connectivity index (χ4v) is 2.21. The Morgan fingerprint density at radius 3 is 2.69 bits per heavy atom. The van der Waals surface area contributed by atoms with Crippen LogP contribution in [-0.2, 0) is 0 Å². The van der Waals surface area contributed by atoms with Gasteiger partial charge in [0.25, 0.3) is 0 Å². The maximum Gasteiger partial charge on any atom is 0.0803 e. The molecule has 1 aromatic carbocycles. The van der Waals surface area contributed by atoms with Gasteiger partial charge in [0.2, 0.25) is 0 Å². The lowest BCUT2D eigenvalue weighted by molar-refractivity contribution is 0.165. The summed E-state index contributed by atoms with van der Waals surface area (Å²) in [6.07, 6.45) is 1.49. The summed E-state index contributed by atoms with van der Waals surface area (Å²) in [7, 11) is 0. The van der Waals surface area contributed by atoms with Gasteiger partial charge in [0, 0.05) is 4.47 Å². The van der Waals surface area contributed by atoms with E-state index in [2.05, 4.69) is 22.9 Å². The number of aryl methyl sites for hydroxylation is 1. The van der Waals surface area contributed by atoms with Crippen molar-refractivity contribution in [3.63, 3.8) is 0 Å². The highest BCUT2D eigenvalue weighted by molar-refractivity contribution is 9.10. The molecule has 13 heavy (non-hydrogen) atoms. The van der Waals surface area contributed by atoms with Gasteiger partial charge >= 0.3 is 0 Å². The molecule has 0 aromatic heterocycles. The van der Waals surface area contributed by atoms with Crippen LogP contribution in [0.5, 0.6) is 0 Å². The van der Waals surface area contributed by atoms with Gasteiger partial charge in [-0.1, -0.05) is 41.4 Å². The minimum absolute atomic E-state index is 0.333. The van der Waals surface area contributed by atoms with Gasteiger partial charge in [-0.3, -0.25) is 0 Å². The number of hydrogen-bond donors (Lipinski definition) is 1. The molecular formula is C11H15BrO. The minimum atomic E-state index is -0.333. The monoisotopic (exact) mass is 242 g/mol. The normalized spacial score (nSPS) is 12.9. The van der Waals surface area contributed by atoms with E-state index in [0.29, 0.717) is 0 Å². The molecule has 2 heteroatoms. The zero-order valence-electron chi connectivity index (χ0n) is 8.05. The first kappa shape index (κ1) is 10.7. The van der Waals surface area contributed by atoms with Crippen LogP contribution in [0.15, 0.2) is 22.7 Å². The van der Waals surface area contributed by atoms with Crippen molar-refractivity contribution in [3.05, 3.63) is 33.8 Å². The molecule has 1 unspecified atom stereocenters. The highest BCUT2D eigenvalue weighted by atomic mass is 79.9. The zero-order chi connectivity index (χ0) is 9.84. The van der Waals surface area contributed by atoms with Crippen LogP contribution >= 0.6 is 15.9 Å². The van der Waals surface area contributed by atoms with E-state index in [9.17, 15) is 5.11 Å². The van der Waals surface area contributed by atoms with Gasteiger partial charge < -0.3 is 5.11 Å². The fraction of sp³-hybridized carbons (Fsp3) is 0.455. The molecule has 0 spiro atoms. The second kappa shape index (κ2) is 4.77. The third-order valence-corrected chi connectivity index (χ3v) is 2.86. The minimum Gasteiger partial charge on any atom is -0.388 e.